The van der Waals surface area contributed by atoms with E-state index >= 15 is 0 Å². The van der Waals surface area contributed by atoms with Crippen LogP contribution < -0.4 is 4.90 Å². The number of thioether (sulfide) groups is 1. The van der Waals surface area contributed by atoms with Gasteiger partial charge in [0.2, 0.25) is 5.91 Å². The van der Waals surface area contributed by atoms with Crippen molar-refractivity contribution in [3.63, 3.8) is 0 Å². The maximum atomic E-state index is 12.3. The fraction of sp³-hybridized carbons (Fsp3) is 0.235. The van der Waals surface area contributed by atoms with Gasteiger partial charge < -0.3 is 0 Å². The molecule has 0 unspecified atom stereocenters. The molecule has 1 saturated heterocycles. The van der Waals surface area contributed by atoms with Crippen LogP contribution in [0.4, 0.5) is 5.69 Å². The van der Waals surface area contributed by atoms with Crippen LogP contribution in [-0.2, 0) is 11.2 Å². The van der Waals surface area contributed by atoms with Crippen LogP contribution in [0.25, 0.3) is 0 Å². The minimum absolute atomic E-state index is 0.0429. The zero-order valence-electron chi connectivity index (χ0n) is 11.8. The summed E-state index contributed by atoms with van der Waals surface area (Å²) in [5, 5.41) is 0.665. The number of aryl methyl sites for hydroxylation is 1. The summed E-state index contributed by atoms with van der Waals surface area (Å²) in [6.45, 7) is 2.12. The number of carbonyl (C=O) groups is 1. The first-order valence-electron chi connectivity index (χ1n) is 6.97. The number of hydrogen-bond donors (Lipinski definition) is 0. The summed E-state index contributed by atoms with van der Waals surface area (Å²) in [6, 6.07) is 15.9. The van der Waals surface area contributed by atoms with Gasteiger partial charge >= 0.3 is 0 Å². The Hall–Kier alpha value is -1.45. The molecule has 0 spiro atoms. The lowest BCUT2D eigenvalue weighted by Crippen LogP contribution is -2.27. The number of halogens is 1. The molecular formula is C17H16ClNOS. The van der Waals surface area contributed by atoms with Crippen LogP contribution >= 0.6 is 23.4 Å². The number of hydrogen-bond acceptors (Lipinski definition) is 2. The van der Waals surface area contributed by atoms with Gasteiger partial charge in [-0.15, -0.1) is 11.8 Å². The Balaban J connectivity index is 1.97. The topological polar surface area (TPSA) is 20.3 Å². The molecule has 1 atom stereocenters. The second-order valence-electron chi connectivity index (χ2n) is 4.97. The van der Waals surface area contributed by atoms with Gasteiger partial charge in [0.1, 0.15) is 5.37 Å². The molecule has 0 saturated carbocycles. The zero-order chi connectivity index (χ0) is 14.8. The second-order valence-corrected chi connectivity index (χ2v) is 6.44. The van der Waals surface area contributed by atoms with E-state index in [9.17, 15) is 4.79 Å². The van der Waals surface area contributed by atoms with Crippen LogP contribution in [0.2, 0.25) is 5.02 Å². The van der Waals surface area contributed by atoms with E-state index in [-0.39, 0.29) is 11.3 Å². The minimum Gasteiger partial charge on any atom is -0.295 e. The zero-order valence-corrected chi connectivity index (χ0v) is 13.3. The summed E-state index contributed by atoms with van der Waals surface area (Å²) in [5.74, 6) is 0.625. The van der Waals surface area contributed by atoms with E-state index in [4.69, 9.17) is 11.6 Å². The fourth-order valence-electron chi connectivity index (χ4n) is 2.50. The lowest BCUT2D eigenvalue weighted by Gasteiger charge is -2.25. The molecule has 3 rings (SSSR count). The molecule has 1 aliphatic rings. The number of anilines is 1. The smallest absolute Gasteiger partial charge is 0.238 e. The van der Waals surface area contributed by atoms with Gasteiger partial charge in [-0.1, -0.05) is 48.9 Å². The Morgan fingerprint density at radius 2 is 1.90 bits per heavy atom. The average molecular weight is 318 g/mol. The average Bonchev–Trinajstić information content (AvgIpc) is 2.89. The van der Waals surface area contributed by atoms with Crippen molar-refractivity contribution in [2.24, 2.45) is 0 Å². The molecule has 1 fully saturated rings. The van der Waals surface area contributed by atoms with E-state index in [1.165, 1.54) is 5.56 Å². The van der Waals surface area contributed by atoms with Crippen LogP contribution in [0.15, 0.2) is 48.5 Å². The maximum absolute atomic E-state index is 12.3. The molecular weight excluding hydrogens is 302 g/mol. The SMILES string of the molecule is CCc1ccc(N2C(=O)CS[C@@H]2c2ccccc2Cl)cc1. The van der Waals surface area contributed by atoms with Gasteiger partial charge in [-0.2, -0.15) is 0 Å². The Bertz CT molecular complexity index is 656. The van der Waals surface area contributed by atoms with Gasteiger partial charge in [-0.3, -0.25) is 9.69 Å². The van der Waals surface area contributed by atoms with Crippen LogP contribution in [0, 0.1) is 0 Å². The Morgan fingerprint density at radius 3 is 2.57 bits per heavy atom. The largest absolute Gasteiger partial charge is 0.295 e. The second kappa shape index (κ2) is 6.12. The lowest BCUT2D eigenvalue weighted by molar-refractivity contribution is -0.115. The predicted octanol–water partition coefficient (Wildman–Crippen LogP) is 4.68. The number of benzene rings is 2. The minimum atomic E-state index is -0.0429. The molecule has 0 radical (unpaired) electrons. The van der Waals surface area contributed by atoms with Crippen molar-refractivity contribution in [2.75, 3.05) is 10.7 Å². The molecule has 1 amide bonds. The van der Waals surface area contributed by atoms with Crippen molar-refractivity contribution in [2.45, 2.75) is 18.7 Å². The number of amides is 1. The molecule has 0 aliphatic carbocycles. The number of rotatable bonds is 3. The van der Waals surface area contributed by atoms with Gasteiger partial charge in [-0.25, -0.2) is 0 Å². The van der Waals surface area contributed by atoms with Gasteiger partial charge in [0.25, 0.3) is 0 Å². The highest BCUT2D eigenvalue weighted by atomic mass is 35.5. The molecule has 0 aromatic heterocycles. The molecule has 1 aliphatic heterocycles. The van der Waals surface area contributed by atoms with E-state index in [0.29, 0.717) is 10.8 Å². The van der Waals surface area contributed by atoms with Gasteiger partial charge in [0.15, 0.2) is 0 Å². The summed E-state index contributed by atoms with van der Waals surface area (Å²) in [7, 11) is 0. The summed E-state index contributed by atoms with van der Waals surface area (Å²) in [5.41, 5.74) is 3.20. The van der Waals surface area contributed by atoms with Crippen molar-refractivity contribution in [1.82, 2.24) is 0 Å². The molecule has 2 aromatic rings. The van der Waals surface area contributed by atoms with Crippen molar-refractivity contribution >= 4 is 35.0 Å². The van der Waals surface area contributed by atoms with E-state index in [1.54, 1.807) is 11.8 Å². The summed E-state index contributed by atoms with van der Waals surface area (Å²) in [6.07, 6.45) is 0.997. The molecule has 2 nitrogen and oxygen atoms in total. The first-order valence-corrected chi connectivity index (χ1v) is 8.40. The van der Waals surface area contributed by atoms with Gasteiger partial charge in [-0.05, 0) is 30.2 Å². The molecule has 0 N–H and O–H groups in total. The molecule has 0 bridgehead atoms. The van der Waals surface area contributed by atoms with Crippen molar-refractivity contribution in [3.8, 4) is 0 Å². The Kier molecular flexibility index (Phi) is 4.22. The number of carbonyl (C=O) groups excluding carboxylic acids is 1. The third-order valence-corrected chi connectivity index (χ3v) is 5.20. The van der Waals surface area contributed by atoms with E-state index in [1.807, 2.05) is 41.3 Å². The van der Waals surface area contributed by atoms with Crippen molar-refractivity contribution < 1.29 is 4.79 Å². The molecule has 1 heterocycles. The summed E-state index contributed by atoms with van der Waals surface area (Å²) < 4.78 is 0. The van der Waals surface area contributed by atoms with Gasteiger partial charge in [0, 0.05) is 16.3 Å². The highest BCUT2D eigenvalue weighted by molar-refractivity contribution is 8.00. The fourth-order valence-corrected chi connectivity index (χ4v) is 4.02. The quantitative estimate of drug-likeness (QED) is 0.819. The first-order chi connectivity index (χ1) is 10.2. The Labute approximate surface area is 134 Å². The molecule has 4 heteroatoms. The first kappa shape index (κ1) is 14.5. The van der Waals surface area contributed by atoms with Crippen LogP contribution in [0.5, 0.6) is 0 Å². The molecule has 108 valence electrons. The normalized spacial score (nSPS) is 18.3. The van der Waals surface area contributed by atoms with E-state index in [2.05, 4.69) is 19.1 Å². The van der Waals surface area contributed by atoms with E-state index in [0.717, 1.165) is 17.7 Å². The van der Waals surface area contributed by atoms with Crippen LogP contribution in [0.1, 0.15) is 23.4 Å². The number of nitrogens with zero attached hydrogens (tertiary/aromatic N) is 1. The highest BCUT2D eigenvalue weighted by Gasteiger charge is 2.34. The third-order valence-electron chi connectivity index (χ3n) is 3.66. The predicted molar refractivity (Wildman–Crippen MR) is 90.0 cm³/mol. The molecule has 21 heavy (non-hydrogen) atoms. The van der Waals surface area contributed by atoms with Crippen LogP contribution in [0.3, 0.4) is 0 Å². The highest BCUT2D eigenvalue weighted by Crippen LogP contribution is 2.43. The Morgan fingerprint density at radius 1 is 1.19 bits per heavy atom. The third kappa shape index (κ3) is 2.81. The summed E-state index contributed by atoms with van der Waals surface area (Å²) in [4.78, 5) is 14.1. The standard InChI is InChI=1S/C17H16ClNOS/c1-2-12-7-9-13(10-8-12)19-16(20)11-21-17(19)14-5-3-4-6-15(14)18/h3-10,17H,2,11H2,1H3/t17-/m1/s1. The molecule has 2 aromatic carbocycles. The van der Waals surface area contributed by atoms with Crippen molar-refractivity contribution in [1.29, 1.82) is 0 Å². The van der Waals surface area contributed by atoms with Crippen molar-refractivity contribution in [3.05, 3.63) is 64.7 Å². The summed E-state index contributed by atoms with van der Waals surface area (Å²) >= 11 is 7.92. The van der Waals surface area contributed by atoms with E-state index < -0.39 is 0 Å². The lowest BCUT2D eigenvalue weighted by atomic mass is 10.1. The van der Waals surface area contributed by atoms with Gasteiger partial charge in [0.05, 0.1) is 5.75 Å². The monoisotopic (exact) mass is 317 g/mol. The maximum Gasteiger partial charge on any atom is 0.238 e. The van der Waals surface area contributed by atoms with Crippen LogP contribution in [-0.4, -0.2) is 11.7 Å².